The van der Waals surface area contributed by atoms with Crippen molar-refractivity contribution in [1.29, 1.82) is 0 Å². The van der Waals surface area contributed by atoms with E-state index in [1.165, 1.54) is 38.2 Å². The summed E-state index contributed by atoms with van der Waals surface area (Å²) in [5, 5.41) is 46.2. The Labute approximate surface area is 338 Å². The van der Waals surface area contributed by atoms with Crippen LogP contribution < -0.4 is 16.4 Å². The molecule has 0 bridgehead atoms. The molecule has 1 aliphatic carbocycles. The summed E-state index contributed by atoms with van der Waals surface area (Å²) in [7, 11) is -16.5. The lowest BCUT2D eigenvalue weighted by Gasteiger charge is -2.30. The number of aliphatic hydroxyl groups excluding tert-OH is 3. The lowest BCUT2D eigenvalue weighted by atomic mass is 9.87. The van der Waals surface area contributed by atoms with Gasteiger partial charge in [0.15, 0.2) is 22.8 Å². The summed E-state index contributed by atoms with van der Waals surface area (Å²) in [4.78, 5) is 87.9. The first kappa shape index (κ1) is 48.6. The highest BCUT2D eigenvalue weighted by molar-refractivity contribution is 8.13. The van der Waals surface area contributed by atoms with Gasteiger partial charge in [0.05, 0.1) is 26.0 Å². The summed E-state index contributed by atoms with van der Waals surface area (Å²) in [5.74, 6) is -1.44. The van der Waals surface area contributed by atoms with Gasteiger partial charge >= 0.3 is 23.5 Å². The molecule has 2 aromatic heterocycles. The van der Waals surface area contributed by atoms with Gasteiger partial charge in [-0.05, 0) is 6.08 Å². The largest absolute Gasteiger partial charge is 0.481 e. The maximum atomic E-state index is 12.7. The zero-order valence-corrected chi connectivity index (χ0v) is 34.6. The lowest BCUT2D eigenvalue weighted by molar-refractivity contribution is -0.137. The Morgan fingerprint density at radius 1 is 1.05 bits per heavy atom. The zero-order valence-electron chi connectivity index (χ0n) is 31.1. The first-order valence-corrected chi connectivity index (χ1v) is 22.6. The number of fused-ring (bicyclic) bond motifs is 1. The standard InChI is InChI=1S/C29H44N7O19P3S/c1-28(2,23(41)26(42)32-8-6-18(38)31-9-10-59-19(39)11-29(43)7-4-3-5-17(29)37)13-52-58(49,50)55-57(47,48)51-12-16-22(54-56(44,45)46)21(40)27(53-16)36-15-35-20-24(30)33-14-34-25(20)36/h3-5,7,14-17,21-23,27,37,40-41,43H,6,8-13H2,1-2H3,(H,31,38)(H,32,42)(H,47,48)(H,49,50)(H2,30,33,34)(H2,44,45,46)/t16-,17+,21-,22-,23+,27-,29+/m1/s1. The van der Waals surface area contributed by atoms with E-state index < -0.39 is 101 Å². The number of nitrogens with one attached hydrogen (secondary N) is 2. The van der Waals surface area contributed by atoms with E-state index in [1.54, 1.807) is 0 Å². The van der Waals surface area contributed by atoms with Crippen LogP contribution in [-0.2, 0) is 50.7 Å². The van der Waals surface area contributed by atoms with E-state index in [0.29, 0.717) is 0 Å². The van der Waals surface area contributed by atoms with Crippen molar-refractivity contribution in [2.75, 3.05) is 37.8 Å². The van der Waals surface area contributed by atoms with E-state index in [2.05, 4.69) is 34.4 Å². The number of rotatable bonds is 21. The number of hydrogen-bond donors (Lipinski definition) is 11. The van der Waals surface area contributed by atoms with Crippen LogP contribution in [0.2, 0.25) is 0 Å². The van der Waals surface area contributed by atoms with Gasteiger partial charge in [0.1, 0.15) is 48.0 Å². The number of aliphatic hydroxyl groups is 4. The van der Waals surface area contributed by atoms with Gasteiger partial charge < -0.3 is 61.1 Å². The summed E-state index contributed by atoms with van der Waals surface area (Å²) < 4.78 is 62.1. The highest BCUT2D eigenvalue weighted by Gasteiger charge is 2.50. The average molecular weight is 920 g/mol. The minimum Gasteiger partial charge on any atom is -0.386 e. The normalized spacial score (nSPS) is 26.0. The maximum absolute atomic E-state index is 12.7. The monoisotopic (exact) mass is 919 g/mol. The van der Waals surface area contributed by atoms with Crippen molar-refractivity contribution in [3.63, 3.8) is 0 Å². The topological polar surface area (TPSA) is 404 Å². The molecule has 2 unspecified atom stereocenters. The molecule has 59 heavy (non-hydrogen) atoms. The Morgan fingerprint density at radius 3 is 2.42 bits per heavy atom. The summed E-state index contributed by atoms with van der Waals surface area (Å²) in [6.45, 7) is 0.185. The van der Waals surface area contributed by atoms with Gasteiger partial charge in [-0.2, -0.15) is 4.31 Å². The van der Waals surface area contributed by atoms with Crippen LogP contribution in [0.1, 0.15) is 32.9 Å². The van der Waals surface area contributed by atoms with Gasteiger partial charge in [0.25, 0.3) is 0 Å². The Morgan fingerprint density at radius 2 is 1.75 bits per heavy atom. The highest BCUT2D eigenvalue weighted by Crippen LogP contribution is 2.61. The van der Waals surface area contributed by atoms with Crippen molar-refractivity contribution in [2.24, 2.45) is 5.41 Å². The van der Waals surface area contributed by atoms with Crippen molar-refractivity contribution in [2.45, 2.75) is 69.0 Å². The van der Waals surface area contributed by atoms with Crippen LogP contribution in [0.3, 0.4) is 0 Å². The number of allylic oxidation sites excluding steroid dienone is 2. The molecule has 2 aliphatic rings. The van der Waals surface area contributed by atoms with Crippen LogP contribution in [0.15, 0.2) is 37.0 Å². The second-order valence-corrected chi connectivity index (χ2v) is 19.0. The molecular formula is C29H44N7O19P3S. The smallest absolute Gasteiger partial charge is 0.386 e. The van der Waals surface area contributed by atoms with Crippen molar-refractivity contribution in [3.8, 4) is 0 Å². The summed E-state index contributed by atoms with van der Waals surface area (Å²) >= 11 is 0.835. The van der Waals surface area contributed by atoms with Crippen LogP contribution in [-0.4, -0.2) is 145 Å². The Bertz CT molecular complexity index is 2050. The molecule has 1 aliphatic heterocycles. The molecule has 3 heterocycles. The number of ether oxygens (including phenoxy) is 1. The van der Waals surface area contributed by atoms with Crippen molar-refractivity contribution < 1.29 is 90.7 Å². The fourth-order valence-corrected chi connectivity index (χ4v) is 8.99. The number of thioether (sulfide) groups is 1. The van der Waals surface area contributed by atoms with E-state index in [-0.39, 0.29) is 48.7 Å². The predicted octanol–water partition coefficient (Wildman–Crippen LogP) is -1.73. The average Bonchev–Trinajstić information content (AvgIpc) is 3.69. The molecule has 30 heteroatoms. The minimum absolute atomic E-state index is 0.0197. The van der Waals surface area contributed by atoms with E-state index in [9.17, 15) is 68.1 Å². The number of nitrogen functional groups attached to an aromatic ring is 1. The predicted molar refractivity (Wildman–Crippen MR) is 201 cm³/mol. The molecule has 0 saturated carbocycles. The third-order valence-electron chi connectivity index (χ3n) is 8.49. The second kappa shape index (κ2) is 19.8. The van der Waals surface area contributed by atoms with E-state index in [1.807, 2.05) is 0 Å². The van der Waals surface area contributed by atoms with Gasteiger partial charge in [0, 0.05) is 30.7 Å². The molecule has 0 radical (unpaired) electrons. The molecule has 9 atom stereocenters. The molecule has 1 saturated heterocycles. The fraction of sp³-hybridized carbons (Fsp3) is 0.586. The van der Waals surface area contributed by atoms with Gasteiger partial charge in [-0.3, -0.25) is 32.5 Å². The van der Waals surface area contributed by atoms with Crippen molar-refractivity contribution in [1.82, 2.24) is 30.2 Å². The molecule has 26 nitrogen and oxygen atoms in total. The van der Waals surface area contributed by atoms with Crippen LogP contribution >= 0.6 is 35.2 Å². The molecule has 12 N–H and O–H groups in total. The minimum atomic E-state index is -5.59. The Hall–Kier alpha value is -3.04. The SMILES string of the molecule is CC(C)(COP(=O)(O)OP(=O)(O)OC[C@H]1O[C@@H](n2cnc3c(N)ncnc32)[C@H](O)[C@@H]1OP(=O)(O)O)[C@@H](O)C(=O)NCCC(=O)NCCSC(=O)C[C@@]1(O)C=CC=C[C@@H]1O. The number of imidazole rings is 1. The molecule has 330 valence electrons. The zero-order chi connectivity index (χ0) is 44.0. The molecule has 0 aromatic carbocycles. The number of nitrogens with zero attached hydrogens (tertiary/aromatic N) is 4. The number of nitrogens with two attached hydrogens (primary N) is 1. The van der Waals surface area contributed by atoms with Crippen LogP contribution in [0, 0.1) is 5.41 Å². The molecule has 2 aromatic rings. The number of anilines is 1. The quantitative estimate of drug-likeness (QED) is 0.0490. The molecular weight excluding hydrogens is 875 g/mol. The maximum Gasteiger partial charge on any atom is 0.481 e. The van der Waals surface area contributed by atoms with Crippen molar-refractivity contribution in [3.05, 3.63) is 37.0 Å². The molecule has 2 amide bonds. The Balaban J connectivity index is 1.21. The molecule has 1 fully saturated rings. The number of hydrogen-bond acceptors (Lipinski definition) is 20. The lowest BCUT2D eigenvalue weighted by Crippen LogP contribution is -2.46. The number of phosphoric acid groups is 3. The number of carbonyl (C=O) groups is 3. The summed E-state index contributed by atoms with van der Waals surface area (Å²) in [6, 6.07) is 0. The number of amides is 2. The summed E-state index contributed by atoms with van der Waals surface area (Å²) in [5.41, 5.74) is 2.47. The fourth-order valence-electron chi connectivity index (χ4n) is 5.40. The number of aromatic nitrogens is 4. The van der Waals surface area contributed by atoms with E-state index in [4.69, 9.17) is 19.5 Å². The van der Waals surface area contributed by atoms with Crippen LogP contribution in [0.4, 0.5) is 5.82 Å². The van der Waals surface area contributed by atoms with E-state index in [0.717, 1.165) is 29.0 Å². The van der Waals surface area contributed by atoms with Gasteiger partial charge in [-0.15, -0.1) is 0 Å². The number of phosphoric ester groups is 3. The van der Waals surface area contributed by atoms with Gasteiger partial charge in [-0.1, -0.05) is 43.8 Å². The van der Waals surface area contributed by atoms with E-state index >= 15 is 0 Å². The number of carbonyl (C=O) groups excluding carboxylic acids is 3. The molecule has 4 rings (SSSR count). The third kappa shape index (κ3) is 13.7. The highest BCUT2D eigenvalue weighted by atomic mass is 32.2. The van der Waals surface area contributed by atoms with Crippen molar-refractivity contribution >= 4 is 69.1 Å². The van der Waals surface area contributed by atoms with Gasteiger partial charge in [0.2, 0.25) is 11.8 Å². The second-order valence-electron chi connectivity index (χ2n) is 13.6. The summed E-state index contributed by atoms with van der Waals surface area (Å²) in [6.07, 6.45) is -3.00. The third-order valence-corrected chi connectivity index (χ3v) is 12.5. The first-order chi connectivity index (χ1) is 27.3. The van der Waals surface area contributed by atoms with Gasteiger partial charge in [-0.25, -0.2) is 28.6 Å². The molecule has 0 spiro atoms. The van der Waals surface area contributed by atoms with Crippen LogP contribution in [0.25, 0.3) is 11.2 Å². The van der Waals surface area contributed by atoms with Crippen LogP contribution in [0.5, 0.6) is 0 Å². The Kier molecular flexibility index (Phi) is 16.3. The first-order valence-electron chi connectivity index (χ1n) is 17.1.